The van der Waals surface area contributed by atoms with Gasteiger partial charge in [-0.25, -0.2) is 0 Å². The molecular weight excluding hydrogens is 288 g/mol. The molecule has 0 aliphatic heterocycles. The summed E-state index contributed by atoms with van der Waals surface area (Å²) in [6.45, 7) is 6.62. The van der Waals surface area contributed by atoms with Crippen molar-refractivity contribution in [3.8, 4) is 0 Å². The maximum atomic E-state index is 9.64. The topological polar surface area (TPSA) is 53.9 Å². The lowest BCUT2D eigenvalue weighted by molar-refractivity contribution is 0.0395. The first-order valence-corrected chi connectivity index (χ1v) is 6.89. The summed E-state index contributed by atoms with van der Waals surface area (Å²) in [5, 5.41) is 16.7. The fourth-order valence-electron chi connectivity index (χ4n) is 1.47. The van der Waals surface area contributed by atoms with Crippen LogP contribution in [0.3, 0.4) is 0 Å². The smallest absolute Gasteiger partial charge is 0.144 e. The highest BCUT2D eigenvalue weighted by Gasteiger charge is 2.04. The van der Waals surface area contributed by atoms with Crippen LogP contribution in [0.2, 0.25) is 0 Å². The van der Waals surface area contributed by atoms with Crippen LogP contribution < -0.4 is 5.32 Å². The first kappa shape index (κ1) is 19.6. The zero-order chi connectivity index (χ0) is 14.8. The van der Waals surface area contributed by atoms with Crippen molar-refractivity contribution in [3.05, 3.63) is 42.0 Å². The SMILES string of the molecule is CC(/C=C/c1ccccc1)=N\OCC(O)CNC(C)C.Cl. The molecule has 21 heavy (non-hydrogen) atoms. The number of aliphatic hydroxyl groups excluding tert-OH is 1. The molecule has 1 aromatic rings. The van der Waals surface area contributed by atoms with Gasteiger partial charge in [0.2, 0.25) is 0 Å². The average Bonchev–Trinajstić information content (AvgIpc) is 2.44. The zero-order valence-corrected chi connectivity index (χ0v) is 13.6. The summed E-state index contributed by atoms with van der Waals surface area (Å²) in [6.07, 6.45) is 3.31. The van der Waals surface area contributed by atoms with Crippen LogP contribution in [0.5, 0.6) is 0 Å². The Kier molecular flexibility index (Phi) is 10.6. The van der Waals surface area contributed by atoms with Gasteiger partial charge < -0.3 is 15.3 Å². The number of hydrogen-bond donors (Lipinski definition) is 2. The van der Waals surface area contributed by atoms with Gasteiger partial charge in [-0.2, -0.15) is 0 Å². The average molecular weight is 313 g/mol. The molecule has 0 saturated carbocycles. The summed E-state index contributed by atoms with van der Waals surface area (Å²) in [7, 11) is 0. The van der Waals surface area contributed by atoms with E-state index in [0.717, 1.165) is 11.3 Å². The molecule has 1 rings (SSSR count). The van der Waals surface area contributed by atoms with E-state index >= 15 is 0 Å². The van der Waals surface area contributed by atoms with Crippen molar-refractivity contribution in [1.82, 2.24) is 5.32 Å². The molecular formula is C16H25ClN2O2. The van der Waals surface area contributed by atoms with Gasteiger partial charge in [-0.15, -0.1) is 12.4 Å². The molecule has 0 heterocycles. The Morgan fingerprint density at radius 3 is 2.62 bits per heavy atom. The minimum atomic E-state index is -0.549. The van der Waals surface area contributed by atoms with Gasteiger partial charge in [0.25, 0.3) is 0 Å². The number of benzene rings is 1. The Morgan fingerprint density at radius 1 is 1.33 bits per heavy atom. The van der Waals surface area contributed by atoms with Crippen LogP contribution in [0.1, 0.15) is 26.3 Å². The fourth-order valence-corrected chi connectivity index (χ4v) is 1.47. The van der Waals surface area contributed by atoms with Gasteiger partial charge in [-0.05, 0) is 18.6 Å². The van der Waals surface area contributed by atoms with E-state index < -0.39 is 6.10 Å². The van der Waals surface area contributed by atoms with Crippen LogP contribution in [-0.4, -0.2) is 36.1 Å². The van der Waals surface area contributed by atoms with Crippen LogP contribution in [0.4, 0.5) is 0 Å². The molecule has 5 heteroatoms. The summed E-state index contributed by atoms with van der Waals surface area (Å²) in [6, 6.07) is 10.3. The van der Waals surface area contributed by atoms with Gasteiger partial charge in [0.1, 0.15) is 12.7 Å². The van der Waals surface area contributed by atoms with Crippen LogP contribution in [-0.2, 0) is 4.84 Å². The normalized spacial score (nSPS) is 13.3. The van der Waals surface area contributed by atoms with Crippen molar-refractivity contribution in [2.45, 2.75) is 32.9 Å². The second kappa shape index (κ2) is 11.3. The largest absolute Gasteiger partial charge is 0.393 e. The van der Waals surface area contributed by atoms with Gasteiger partial charge in [-0.1, -0.05) is 55.4 Å². The van der Waals surface area contributed by atoms with Gasteiger partial charge in [-0.3, -0.25) is 0 Å². The van der Waals surface area contributed by atoms with Crippen molar-refractivity contribution in [2.24, 2.45) is 5.16 Å². The molecule has 0 fully saturated rings. The number of hydrogen-bond acceptors (Lipinski definition) is 4. The van der Waals surface area contributed by atoms with Gasteiger partial charge in [0.05, 0.1) is 5.71 Å². The highest BCUT2D eigenvalue weighted by Crippen LogP contribution is 2.01. The first-order chi connectivity index (χ1) is 9.58. The number of oxime groups is 1. The van der Waals surface area contributed by atoms with Crippen LogP contribution in [0.25, 0.3) is 6.08 Å². The fraction of sp³-hybridized carbons (Fsp3) is 0.438. The Morgan fingerprint density at radius 2 is 2.00 bits per heavy atom. The molecule has 2 N–H and O–H groups in total. The number of nitrogens with zero attached hydrogens (tertiary/aromatic N) is 1. The molecule has 1 atom stereocenters. The summed E-state index contributed by atoms with van der Waals surface area (Å²) in [4.78, 5) is 5.12. The van der Waals surface area contributed by atoms with E-state index in [4.69, 9.17) is 4.84 Å². The third kappa shape index (κ3) is 10.1. The number of halogens is 1. The number of rotatable bonds is 8. The highest BCUT2D eigenvalue weighted by atomic mass is 35.5. The second-order valence-electron chi connectivity index (χ2n) is 4.99. The van der Waals surface area contributed by atoms with E-state index in [9.17, 15) is 5.11 Å². The van der Waals surface area contributed by atoms with Gasteiger partial charge >= 0.3 is 0 Å². The van der Waals surface area contributed by atoms with Crippen molar-refractivity contribution >= 4 is 24.2 Å². The van der Waals surface area contributed by atoms with Crippen LogP contribution in [0, 0.1) is 0 Å². The van der Waals surface area contributed by atoms with Crippen molar-refractivity contribution in [3.63, 3.8) is 0 Å². The maximum Gasteiger partial charge on any atom is 0.144 e. The Bertz CT molecular complexity index is 433. The number of aliphatic hydroxyl groups is 1. The molecule has 0 radical (unpaired) electrons. The molecule has 4 nitrogen and oxygen atoms in total. The van der Waals surface area contributed by atoms with E-state index in [-0.39, 0.29) is 19.0 Å². The predicted octanol–water partition coefficient (Wildman–Crippen LogP) is 2.87. The van der Waals surface area contributed by atoms with Crippen molar-refractivity contribution in [1.29, 1.82) is 0 Å². The minimum absolute atomic E-state index is 0. The maximum absolute atomic E-state index is 9.64. The molecule has 0 spiro atoms. The summed E-state index contributed by atoms with van der Waals surface area (Å²) in [5.41, 5.74) is 1.88. The van der Waals surface area contributed by atoms with E-state index in [2.05, 4.69) is 10.5 Å². The Hall–Kier alpha value is -1.36. The lowest BCUT2D eigenvalue weighted by Gasteiger charge is -2.12. The second-order valence-corrected chi connectivity index (χ2v) is 4.99. The summed E-state index contributed by atoms with van der Waals surface area (Å²) < 4.78 is 0. The predicted molar refractivity (Wildman–Crippen MR) is 90.9 cm³/mol. The Labute approximate surface area is 133 Å². The molecule has 118 valence electrons. The van der Waals surface area contributed by atoms with Crippen molar-refractivity contribution in [2.75, 3.05) is 13.2 Å². The van der Waals surface area contributed by atoms with E-state index in [0.29, 0.717) is 12.6 Å². The van der Waals surface area contributed by atoms with Gasteiger partial charge in [0.15, 0.2) is 0 Å². The van der Waals surface area contributed by atoms with E-state index in [1.807, 2.05) is 63.3 Å². The molecule has 0 amide bonds. The van der Waals surface area contributed by atoms with E-state index in [1.165, 1.54) is 0 Å². The zero-order valence-electron chi connectivity index (χ0n) is 12.8. The molecule has 0 aliphatic rings. The molecule has 1 unspecified atom stereocenters. The molecule has 1 aromatic carbocycles. The Balaban J connectivity index is 0.00000400. The molecule has 0 aromatic heterocycles. The molecule has 0 bridgehead atoms. The third-order valence-electron chi connectivity index (χ3n) is 2.55. The quantitative estimate of drug-likeness (QED) is 0.573. The highest BCUT2D eigenvalue weighted by molar-refractivity contribution is 5.95. The lowest BCUT2D eigenvalue weighted by atomic mass is 10.2. The number of nitrogens with one attached hydrogen (secondary N) is 1. The monoisotopic (exact) mass is 312 g/mol. The lowest BCUT2D eigenvalue weighted by Crippen LogP contribution is -2.34. The van der Waals surface area contributed by atoms with Crippen LogP contribution in [0.15, 0.2) is 41.6 Å². The standard InChI is InChI=1S/C16H24N2O2.ClH/c1-13(2)17-11-16(19)12-20-18-14(3)9-10-15-7-5-4-6-8-15;/h4-10,13,16-17,19H,11-12H2,1-3H3;1H/b10-9+,18-14+;. The first-order valence-electron chi connectivity index (χ1n) is 6.89. The molecule has 0 aliphatic carbocycles. The van der Waals surface area contributed by atoms with Gasteiger partial charge in [0, 0.05) is 12.6 Å². The molecule has 0 saturated heterocycles. The minimum Gasteiger partial charge on any atom is -0.393 e. The summed E-state index contributed by atoms with van der Waals surface area (Å²) >= 11 is 0. The number of allylic oxidation sites excluding steroid dienone is 1. The van der Waals surface area contributed by atoms with Crippen molar-refractivity contribution < 1.29 is 9.94 Å². The third-order valence-corrected chi connectivity index (χ3v) is 2.55. The summed E-state index contributed by atoms with van der Waals surface area (Å²) in [5.74, 6) is 0. The van der Waals surface area contributed by atoms with E-state index in [1.54, 1.807) is 0 Å². The van der Waals surface area contributed by atoms with Crippen LogP contribution >= 0.6 is 12.4 Å².